The first kappa shape index (κ1) is 30.2. The maximum atomic E-state index is 12.5. The summed E-state index contributed by atoms with van der Waals surface area (Å²) in [5, 5.41) is 45.7. The lowest BCUT2D eigenvalue weighted by atomic mass is 9.87. The Labute approximate surface area is 254 Å². The first-order chi connectivity index (χ1) is 20.7. The summed E-state index contributed by atoms with van der Waals surface area (Å²) >= 11 is 0. The molecule has 0 unspecified atom stereocenters. The van der Waals surface area contributed by atoms with Gasteiger partial charge in [0.05, 0.1) is 0 Å². The molecule has 8 heteroatoms. The first-order valence-electron chi connectivity index (χ1n) is 14.2. The number of phenols is 4. The lowest BCUT2D eigenvalue weighted by Crippen LogP contribution is -2.06. The fourth-order valence-corrected chi connectivity index (χ4v) is 5.75. The number of phenolic OH excluding ortho intramolecular Hbond substituents is 4. The topological polar surface area (TPSA) is 149 Å². The minimum Gasteiger partial charge on any atom is -0.507 e. The second-order valence-corrected chi connectivity index (χ2v) is 11.5. The predicted molar refractivity (Wildman–Crippen MR) is 164 cm³/mol. The first-order valence-corrected chi connectivity index (χ1v) is 14.2. The number of hydrogen-bond acceptors (Lipinski definition) is 8. The number of carbonyl (C=O) groups is 4. The summed E-state index contributed by atoms with van der Waals surface area (Å²) in [5.74, 6) is -1.66. The normalized spacial score (nSPS) is 12.5. The van der Waals surface area contributed by atoms with Gasteiger partial charge in [-0.3, -0.25) is 19.2 Å². The van der Waals surface area contributed by atoms with Crippen LogP contribution in [0, 0.1) is 0 Å². The van der Waals surface area contributed by atoms with Gasteiger partial charge in [0.2, 0.25) is 0 Å². The number of carbonyl (C=O) groups excluding carboxylic acids is 4. The van der Waals surface area contributed by atoms with Crippen molar-refractivity contribution in [2.24, 2.45) is 0 Å². The van der Waals surface area contributed by atoms with Crippen LogP contribution in [0.25, 0.3) is 0 Å². The molecule has 0 atom stereocenters. The minimum atomic E-state index is -0.262. The highest BCUT2D eigenvalue weighted by Gasteiger charge is 2.23. The Morgan fingerprint density at radius 2 is 0.500 bits per heavy atom. The summed E-state index contributed by atoms with van der Waals surface area (Å²) in [6, 6.07) is 12.2. The Kier molecular flexibility index (Phi) is 7.86. The van der Waals surface area contributed by atoms with Crippen molar-refractivity contribution < 1.29 is 39.6 Å². The van der Waals surface area contributed by atoms with E-state index in [0.29, 0.717) is 66.8 Å². The largest absolute Gasteiger partial charge is 0.507 e. The number of fused-ring (bicyclic) bond motifs is 8. The van der Waals surface area contributed by atoms with Crippen molar-refractivity contribution in [2.75, 3.05) is 0 Å². The molecular formula is C36H32O8. The van der Waals surface area contributed by atoms with Gasteiger partial charge in [-0.2, -0.15) is 0 Å². The Balaban J connectivity index is 1.86. The maximum absolute atomic E-state index is 12.5. The molecule has 4 N–H and O–H groups in total. The van der Waals surface area contributed by atoms with E-state index in [0.717, 1.165) is 0 Å². The average molecular weight is 593 g/mol. The van der Waals surface area contributed by atoms with Crippen molar-refractivity contribution in [1.82, 2.24) is 0 Å². The molecule has 224 valence electrons. The van der Waals surface area contributed by atoms with Gasteiger partial charge in [0, 0.05) is 47.9 Å². The summed E-state index contributed by atoms with van der Waals surface area (Å²) < 4.78 is 0. The summed E-state index contributed by atoms with van der Waals surface area (Å²) in [6.07, 6.45) is -0.185. The average Bonchev–Trinajstić information content (AvgIpc) is 2.95. The van der Waals surface area contributed by atoms with Gasteiger partial charge < -0.3 is 20.4 Å². The number of aromatic hydroxyl groups is 4. The molecule has 0 spiro atoms. The van der Waals surface area contributed by atoms with Crippen LogP contribution in [0.15, 0.2) is 48.5 Å². The predicted octanol–water partition coefficient (Wildman–Crippen LogP) is 6.00. The maximum Gasteiger partial charge on any atom is 0.159 e. The summed E-state index contributed by atoms with van der Waals surface area (Å²) in [6.45, 7) is 5.55. The SMILES string of the molecule is CC(=O)c1cc2c(O)c(c1)Cc1cc(C(C)=O)cc(c1O)Cc1cc(C(C)=O)cc(c1O)Cc1cc(C(C)=O)cc(c1O)C2. The van der Waals surface area contributed by atoms with Crippen molar-refractivity contribution >= 4 is 23.1 Å². The molecule has 0 aliphatic heterocycles. The third-order valence-corrected chi connectivity index (χ3v) is 8.22. The highest BCUT2D eigenvalue weighted by atomic mass is 16.3. The van der Waals surface area contributed by atoms with Gasteiger partial charge >= 0.3 is 0 Å². The van der Waals surface area contributed by atoms with Gasteiger partial charge in [-0.05, 0) is 121 Å². The second-order valence-electron chi connectivity index (χ2n) is 11.5. The molecule has 0 saturated heterocycles. The molecule has 4 aromatic rings. The van der Waals surface area contributed by atoms with Crippen LogP contribution in [0.5, 0.6) is 23.0 Å². The fraction of sp³-hybridized carbons (Fsp3) is 0.222. The molecule has 0 fully saturated rings. The zero-order valence-corrected chi connectivity index (χ0v) is 24.9. The monoisotopic (exact) mass is 592 g/mol. The Hall–Kier alpha value is -5.24. The smallest absolute Gasteiger partial charge is 0.159 e. The summed E-state index contributed by atoms with van der Waals surface area (Å²) in [4.78, 5) is 50.1. The van der Waals surface area contributed by atoms with Gasteiger partial charge in [0.1, 0.15) is 23.0 Å². The van der Waals surface area contributed by atoms with Crippen molar-refractivity contribution in [3.63, 3.8) is 0 Å². The Bertz CT molecular complexity index is 1540. The van der Waals surface area contributed by atoms with Crippen LogP contribution in [0.4, 0.5) is 0 Å². The lowest BCUT2D eigenvalue weighted by Gasteiger charge is -2.19. The van der Waals surface area contributed by atoms with Crippen molar-refractivity contribution in [2.45, 2.75) is 53.4 Å². The van der Waals surface area contributed by atoms with E-state index in [1.54, 1.807) is 0 Å². The zero-order chi connectivity index (χ0) is 32.0. The Morgan fingerprint density at radius 3 is 0.614 bits per heavy atom. The number of ketones is 4. The number of benzene rings is 4. The highest BCUT2D eigenvalue weighted by Crippen LogP contribution is 2.39. The van der Waals surface area contributed by atoms with Gasteiger partial charge in [-0.1, -0.05) is 0 Å². The van der Waals surface area contributed by atoms with Crippen LogP contribution < -0.4 is 0 Å². The quantitative estimate of drug-likeness (QED) is 0.186. The Morgan fingerprint density at radius 1 is 0.364 bits per heavy atom. The van der Waals surface area contributed by atoms with Crippen LogP contribution in [0.3, 0.4) is 0 Å². The number of Topliss-reactive ketones (excluding diaryl/α,β-unsaturated/α-hetero) is 4. The van der Waals surface area contributed by atoms with Crippen LogP contribution in [0.1, 0.15) is 114 Å². The van der Waals surface area contributed by atoms with Crippen LogP contribution >= 0.6 is 0 Å². The van der Waals surface area contributed by atoms with Gasteiger partial charge in [0.15, 0.2) is 23.1 Å². The molecular weight excluding hydrogens is 560 g/mol. The van der Waals surface area contributed by atoms with Crippen LogP contribution in [-0.4, -0.2) is 43.6 Å². The summed E-state index contributed by atoms with van der Waals surface area (Å²) in [7, 11) is 0. The van der Waals surface area contributed by atoms with Crippen molar-refractivity contribution in [3.05, 3.63) is 115 Å². The molecule has 44 heavy (non-hydrogen) atoms. The van der Waals surface area contributed by atoms with E-state index in [9.17, 15) is 39.6 Å². The fourth-order valence-electron chi connectivity index (χ4n) is 5.75. The van der Waals surface area contributed by atoms with E-state index in [2.05, 4.69) is 0 Å². The van der Waals surface area contributed by atoms with Gasteiger partial charge in [-0.25, -0.2) is 0 Å². The zero-order valence-electron chi connectivity index (χ0n) is 24.9. The van der Waals surface area contributed by atoms with E-state index < -0.39 is 0 Å². The molecule has 0 saturated carbocycles. The number of rotatable bonds is 4. The molecule has 0 heterocycles. The van der Waals surface area contributed by atoms with Crippen molar-refractivity contribution in [1.29, 1.82) is 0 Å². The van der Waals surface area contributed by atoms with Crippen LogP contribution in [-0.2, 0) is 25.7 Å². The molecule has 0 amide bonds. The molecule has 4 aromatic carbocycles. The lowest BCUT2D eigenvalue weighted by molar-refractivity contribution is 0.100. The van der Waals surface area contributed by atoms with E-state index >= 15 is 0 Å². The molecule has 1 aliphatic rings. The third kappa shape index (κ3) is 5.71. The molecule has 0 aromatic heterocycles. The standard InChI is InChI=1S/C36H32O8/c1-17(37)21-5-25-13-27-7-22(18(2)38)9-29(34(27)42)15-31-11-24(20(4)40)12-32(36(31)44)16-30-10-23(19(3)39)8-28(35(30)43)14-26(6-21)33(25)41/h5-12,41-44H,13-16H2,1-4H3. The second kappa shape index (κ2) is 11.4. The van der Waals surface area contributed by atoms with Crippen LogP contribution in [0.2, 0.25) is 0 Å². The number of hydrogen-bond donors (Lipinski definition) is 4. The van der Waals surface area contributed by atoms with Gasteiger partial charge in [0.25, 0.3) is 0 Å². The molecule has 0 radical (unpaired) electrons. The van der Waals surface area contributed by atoms with Gasteiger partial charge in [-0.15, -0.1) is 0 Å². The van der Waals surface area contributed by atoms with Crippen molar-refractivity contribution in [3.8, 4) is 23.0 Å². The molecule has 1 aliphatic carbocycles. The third-order valence-electron chi connectivity index (χ3n) is 8.22. The molecule has 8 nitrogen and oxygen atoms in total. The van der Waals surface area contributed by atoms with E-state index in [4.69, 9.17) is 0 Å². The summed E-state index contributed by atoms with van der Waals surface area (Å²) in [5.41, 5.74) is 3.71. The highest BCUT2D eigenvalue weighted by molar-refractivity contribution is 5.97. The van der Waals surface area contributed by atoms with E-state index in [1.165, 1.54) is 76.2 Å². The van der Waals surface area contributed by atoms with E-state index in [1.807, 2.05) is 0 Å². The molecule has 8 bridgehead atoms. The molecule has 5 rings (SSSR count). The minimum absolute atomic E-state index is 0.0463. The van der Waals surface area contributed by atoms with E-state index in [-0.39, 0.29) is 71.8 Å².